The van der Waals surface area contributed by atoms with E-state index >= 15 is 0 Å². The quantitative estimate of drug-likeness (QED) is 0.833. The summed E-state index contributed by atoms with van der Waals surface area (Å²) in [4.78, 5) is 16.2. The highest BCUT2D eigenvalue weighted by atomic mass is 16.5. The maximum absolute atomic E-state index is 12.1. The third-order valence-corrected chi connectivity index (χ3v) is 3.32. The fourth-order valence-electron chi connectivity index (χ4n) is 2.08. The summed E-state index contributed by atoms with van der Waals surface area (Å²) in [6.07, 6.45) is 5.24. The van der Waals surface area contributed by atoms with Crippen molar-refractivity contribution in [2.75, 3.05) is 14.2 Å². The molecule has 0 fully saturated rings. The van der Waals surface area contributed by atoms with Crippen LogP contribution in [0.5, 0.6) is 11.5 Å². The van der Waals surface area contributed by atoms with Crippen LogP contribution in [0.1, 0.15) is 18.1 Å². The van der Waals surface area contributed by atoms with Gasteiger partial charge >= 0.3 is 0 Å². The molecule has 0 unspecified atom stereocenters. The number of carbonyl (C=O) groups is 1. The van der Waals surface area contributed by atoms with Crippen molar-refractivity contribution in [2.45, 2.75) is 13.5 Å². The number of hydrogen-bond donors (Lipinski definition) is 1. The van der Waals surface area contributed by atoms with Gasteiger partial charge in [-0.15, -0.1) is 0 Å². The smallest absolute Gasteiger partial charge is 0.247 e. The summed E-state index contributed by atoms with van der Waals surface area (Å²) in [6.45, 7) is 2.22. The van der Waals surface area contributed by atoms with E-state index < -0.39 is 0 Å². The summed E-state index contributed by atoms with van der Waals surface area (Å²) in [5.41, 5.74) is 2.44. The van der Waals surface area contributed by atoms with E-state index in [0.717, 1.165) is 11.1 Å². The number of amides is 1. The molecule has 0 bridgehead atoms. The zero-order valence-corrected chi connectivity index (χ0v) is 13.5. The van der Waals surface area contributed by atoms with Crippen LogP contribution < -0.4 is 14.8 Å². The number of benzene rings is 1. The molecule has 1 N–H and O–H groups in total. The zero-order valence-electron chi connectivity index (χ0n) is 13.5. The molecule has 1 aromatic carbocycles. The van der Waals surface area contributed by atoms with Crippen molar-refractivity contribution in [1.29, 1.82) is 0 Å². The van der Waals surface area contributed by atoms with Crippen LogP contribution >= 0.6 is 0 Å². The molecule has 1 amide bonds. The molecule has 23 heavy (non-hydrogen) atoms. The summed E-state index contributed by atoms with van der Waals surface area (Å²) in [5, 5.41) is 2.87. The van der Waals surface area contributed by atoms with Gasteiger partial charge in [-0.3, -0.25) is 9.78 Å². The molecule has 0 aliphatic rings. The van der Waals surface area contributed by atoms with Crippen molar-refractivity contribution in [3.63, 3.8) is 0 Å². The van der Waals surface area contributed by atoms with Crippen molar-refractivity contribution in [3.8, 4) is 11.5 Å². The van der Waals surface area contributed by atoms with E-state index in [0.29, 0.717) is 23.6 Å². The van der Waals surface area contributed by atoms with Gasteiger partial charge in [0.05, 0.1) is 14.2 Å². The van der Waals surface area contributed by atoms with Crippen LogP contribution in [0.15, 0.2) is 48.3 Å². The first-order chi connectivity index (χ1) is 11.1. The van der Waals surface area contributed by atoms with Crippen LogP contribution in [0.4, 0.5) is 0 Å². The minimum absolute atomic E-state index is 0.122. The van der Waals surface area contributed by atoms with E-state index in [-0.39, 0.29) is 5.91 Å². The van der Waals surface area contributed by atoms with Gasteiger partial charge in [0, 0.05) is 24.5 Å². The number of carbonyl (C=O) groups excluding carboxylic acids is 1. The molecule has 0 aliphatic carbocycles. The number of hydrogen-bond acceptors (Lipinski definition) is 4. The molecule has 0 radical (unpaired) electrons. The van der Waals surface area contributed by atoms with Gasteiger partial charge in [-0.05, 0) is 42.3 Å². The zero-order chi connectivity index (χ0) is 16.7. The van der Waals surface area contributed by atoms with Crippen LogP contribution in [0.25, 0.3) is 6.08 Å². The molecule has 0 saturated carbocycles. The Bertz CT molecular complexity index is 697. The first kappa shape index (κ1) is 16.5. The largest absolute Gasteiger partial charge is 0.493 e. The molecular formula is C18H20N2O3. The first-order valence-corrected chi connectivity index (χ1v) is 7.21. The molecule has 5 nitrogen and oxygen atoms in total. The highest BCUT2D eigenvalue weighted by Gasteiger charge is 2.07. The van der Waals surface area contributed by atoms with Gasteiger partial charge in [0.1, 0.15) is 0 Å². The summed E-state index contributed by atoms with van der Waals surface area (Å²) >= 11 is 0. The molecule has 120 valence electrons. The highest BCUT2D eigenvalue weighted by Crippen LogP contribution is 2.28. The average Bonchev–Trinajstić information content (AvgIpc) is 2.60. The van der Waals surface area contributed by atoms with Gasteiger partial charge in [-0.2, -0.15) is 0 Å². The number of methoxy groups -OCH3 is 2. The lowest BCUT2D eigenvalue weighted by Crippen LogP contribution is -2.23. The Hall–Kier alpha value is -2.82. The van der Waals surface area contributed by atoms with Gasteiger partial charge in [-0.25, -0.2) is 0 Å². The molecule has 1 aromatic heterocycles. The Labute approximate surface area is 136 Å². The van der Waals surface area contributed by atoms with Crippen molar-refractivity contribution >= 4 is 12.0 Å². The fraction of sp³-hybridized carbons (Fsp3) is 0.222. The van der Waals surface area contributed by atoms with E-state index in [1.165, 1.54) is 0 Å². The van der Waals surface area contributed by atoms with E-state index in [1.54, 1.807) is 39.6 Å². The predicted octanol–water partition coefficient (Wildman–Crippen LogP) is 2.82. The summed E-state index contributed by atoms with van der Waals surface area (Å²) in [7, 11) is 3.17. The predicted molar refractivity (Wildman–Crippen MR) is 89.3 cm³/mol. The molecule has 0 atom stereocenters. The molecule has 0 saturated heterocycles. The molecular weight excluding hydrogens is 292 g/mol. The first-order valence-electron chi connectivity index (χ1n) is 7.21. The Kier molecular flexibility index (Phi) is 5.74. The molecule has 0 aliphatic heterocycles. The second kappa shape index (κ2) is 7.98. The summed E-state index contributed by atoms with van der Waals surface area (Å²) < 4.78 is 10.5. The molecule has 2 rings (SSSR count). The van der Waals surface area contributed by atoms with E-state index in [2.05, 4.69) is 10.3 Å². The van der Waals surface area contributed by atoms with Crippen molar-refractivity contribution in [2.24, 2.45) is 0 Å². The monoisotopic (exact) mass is 312 g/mol. The lowest BCUT2D eigenvalue weighted by atomic mass is 10.1. The Balaban J connectivity index is 2.05. The van der Waals surface area contributed by atoms with Crippen LogP contribution in [0.2, 0.25) is 0 Å². The highest BCUT2D eigenvalue weighted by molar-refractivity contribution is 5.97. The lowest BCUT2D eigenvalue weighted by molar-refractivity contribution is -0.117. The topological polar surface area (TPSA) is 60.5 Å². The Morgan fingerprint density at radius 2 is 2.00 bits per heavy atom. The van der Waals surface area contributed by atoms with Gasteiger partial charge < -0.3 is 14.8 Å². The SMILES string of the molecule is COc1ccc(/C=C(\C)C(=O)NCc2cccnc2)cc1OC. The summed E-state index contributed by atoms with van der Waals surface area (Å²) in [6, 6.07) is 9.27. The fourth-order valence-corrected chi connectivity index (χ4v) is 2.08. The Morgan fingerprint density at radius 1 is 1.22 bits per heavy atom. The second-order valence-corrected chi connectivity index (χ2v) is 4.99. The second-order valence-electron chi connectivity index (χ2n) is 4.99. The maximum atomic E-state index is 12.1. The van der Waals surface area contributed by atoms with Gasteiger partial charge in [0.15, 0.2) is 11.5 Å². The van der Waals surface area contributed by atoms with Gasteiger partial charge in [0.2, 0.25) is 5.91 Å². The maximum Gasteiger partial charge on any atom is 0.247 e. The Morgan fingerprint density at radius 3 is 2.65 bits per heavy atom. The third kappa shape index (κ3) is 4.57. The van der Waals surface area contributed by atoms with Crippen LogP contribution in [0, 0.1) is 0 Å². The molecule has 1 heterocycles. The number of ether oxygens (including phenoxy) is 2. The number of nitrogens with zero attached hydrogens (tertiary/aromatic N) is 1. The normalized spacial score (nSPS) is 11.0. The molecule has 2 aromatic rings. The van der Waals surface area contributed by atoms with Crippen molar-refractivity contribution < 1.29 is 14.3 Å². The van der Waals surface area contributed by atoms with Crippen LogP contribution in [0.3, 0.4) is 0 Å². The van der Waals surface area contributed by atoms with Crippen LogP contribution in [-0.2, 0) is 11.3 Å². The number of pyridine rings is 1. The number of nitrogens with one attached hydrogen (secondary N) is 1. The van der Waals surface area contributed by atoms with Crippen molar-refractivity contribution in [1.82, 2.24) is 10.3 Å². The molecule has 5 heteroatoms. The van der Waals surface area contributed by atoms with E-state index in [4.69, 9.17) is 9.47 Å². The van der Waals surface area contributed by atoms with Crippen molar-refractivity contribution in [3.05, 3.63) is 59.4 Å². The molecule has 0 spiro atoms. The minimum atomic E-state index is -0.122. The minimum Gasteiger partial charge on any atom is -0.493 e. The van der Waals surface area contributed by atoms with E-state index in [1.807, 2.05) is 30.3 Å². The van der Waals surface area contributed by atoms with Crippen LogP contribution in [-0.4, -0.2) is 25.1 Å². The average molecular weight is 312 g/mol. The third-order valence-electron chi connectivity index (χ3n) is 3.32. The summed E-state index contributed by atoms with van der Waals surface area (Å²) in [5.74, 6) is 1.16. The number of aromatic nitrogens is 1. The standard InChI is InChI=1S/C18H20N2O3/c1-13(18(21)20-12-15-5-4-8-19-11-15)9-14-6-7-16(22-2)17(10-14)23-3/h4-11H,12H2,1-3H3,(H,20,21)/b13-9+. The number of rotatable bonds is 6. The van der Waals surface area contributed by atoms with E-state index in [9.17, 15) is 4.79 Å². The van der Waals surface area contributed by atoms with Gasteiger partial charge in [-0.1, -0.05) is 12.1 Å². The lowest BCUT2D eigenvalue weighted by Gasteiger charge is -2.09. The van der Waals surface area contributed by atoms with Gasteiger partial charge in [0.25, 0.3) is 0 Å².